The summed E-state index contributed by atoms with van der Waals surface area (Å²) in [5, 5.41) is 17.9. The molecular formula is C41H70O9. The van der Waals surface area contributed by atoms with E-state index in [-0.39, 0.29) is 42.2 Å². The number of carbonyl (C=O) groups is 4. The van der Waals surface area contributed by atoms with Gasteiger partial charge in [-0.15, -0.1) is 0 Å². The fourth-order valence-corrected chi connectivity index (χ4v) is 3.66. The van der Waals surface area contributed by atoms with Gasteiger partial charge in [0.05, 0.1) is 16.2 Å². The number of carboxylic acids is 1. The molecule has 2 atom stereocenters. The molecule has 1 fully saturated rings. The van der Waals surface area contributed by atoms with Crippen LogP contribution in [0.25, 0.3) is 0 Å². The van der Waals surface area contributed by atoms with Gasteiger partial charge in [-0.1, -0.05) is 78.0 Å². The van der Waals surface area contributed by atoms with Crippen molar-refractivity contribution in [3.05, 3.63) is 48.0 Å². The second-order valence-corrected chi connectivity index (χ2v) is 15.0. The van der Waals surface area contributed by atoms with Crippen LogP contribution in [0.2, 0.25) is 0 Å². The first-order valence-electron chi connectivity index (χ1n) is 18.3. The van der Waals surface area contributed by atoms with Crippen molar-refractivity contribution in [2.45, 2.75) is 159 Å². The van der Waals surface area contributed by atoms with E-state index in [2.05, 4.69) is 50.8 Å². The van der Waals surface area contributed by atoms with E-state index < -0.39 is 28.9 Å². The third-order valence-corrected chi connectivity index (χ3v) is 9.30. The van der Waals surface area contributed by atoms with Gasteiger partial charge in [-0.3, -0.25) is 14.4 Å². The number of aliphatic carboxylic acids is 1. The molecule has 0 heterocycles. The van der Waals surface area contributed by atoms with E-state index >= 15 is 0 Å². The van der Waals surface area contributed by atoms with Gasteiger partial charge in [-0.2, -0.15) is 0 Å². The number of carbonyl (C=O) groups excluding carboxylic acids is 3. The highest BCUT2D eigenvalue weighted by atomic mass is 16.6. The quantitative estimate of drug-likeness (QED) is 0.110. The highest BCUT2D eigenvalue weighted by Crippen LogP contribution is 2.27. The van der Waals surface area contributed by atoms with Crippen molar-refractivity contribution < 1.29 is 43.6 Å². The molecule has 0 bridgehead atoms. The molecule has 288 valence electrons. The molecule has 0 spiro atoms. The molecule has 50 heavy (non-hydrogen) atoms. The van der Waals surface area contributed by atoms with Crippen LogP contribution in [0.4, 0.5) is 0 Å². The van der Waals surface area contributed by atoms with Crippen molar-refractivity contribution in [3.63, 3.8) is 0 Å². The molecule has 0 saturated heterocycles. The third-order valence-electron chi connectivity index (χ3n) is 9.30. The second-order valence-electron chi connectivity index (χ2n) is 15.0. The molecule has 1 aromatic rings. The molecule has 9 nitrogen and oxygen atoms in total. The summed E-state index contributed by atoms with van der Waals surface area (Å²) in [4.78, 5) is 44.6. The Labute approximate surface area is 303 Å². The number of hydrogen-bond acceptors (Lipinski definition) is 8. The number of ether oxygens (including phenoxy) is 3. The zero-order chi connectivity index (χ0) is 39.1. The number of benzene rings is 1. The van der Waals surface area contributed by atoms with Crippen molar-refractivity contribution in [1.82, 2.24) is 0 Å². The van der Waals surface area contributed by atoms with Crippen LogP contribution in [0.3, 0.4) is 0 Å². The minimum absolute atomic E-state index is 0.0214. The molecule has 1 aliphatic carbocycles. The summed E-state index contributed by atoms with van der Waals surface area (Å²) in [6, 6.07) is 10.6. The van der Waals surface area contributed by atoms with Crippen LogP contribution in [0.5, 0.6) is 0 Å². The summed E-state index contributed by atoms with van der Waals surface area (Å²) in [7, 11) is 0. The van der Waals surface area contributed by atoms with Crippen LogP contribution in [-0.2, 0) is 33.4 Å². The summed E-state index contributed by atoms with van der Waals surface area (Å²) in [6.07, 6.45) is 8.42. The lowest BCUT2D eigenvalue weighted by atomic mass is 9.90. The average molecular weight is 707 g/mol. The Kier molecular flexibility index (Phi) is 24.3. The largest absolute Gasteiger partial charge is 0.481 e. The number of aliphatic hydroxyl groups is 1. The van der Waals surface area contributed by atoms with E-state index in [0.717, 1.165) is 19.3 Å². The van der Waals surface area contributed by atoms with Crippen LogP contribution in [-0.4, -0.2) is 59.5 Å². The van der Waals surface area contributed by atoms with Gasteiger partial charge >= 0.3 is 23.9 Å². The van der Waals surface area contributed by atoms with E-state index in [9.17, 15) is 24.3 Å². The van der Waals surface area contributed by atoms with Gasteiger partial charge in [0.2, 0.25) is 0 Å². The van der Waals surface area contributed by atoms with Gasteiger partial charge in [-0.25, -0.2) is 4.79 Å². The monoisotopic (exact) mass is 707 g/mol. The maximum absolute atomic E-state index is 11.7. The Hall–Kier alpha value is -3.20. The minimum Gasteiger partial charge on any atom is -0.481 e. The lowest BCUT2D eigenvalue weighted by Gasteiger charge is -2.27. The van der Waals surface area contributed by atoms with Crippen molar-refractivity contribution in [1.29, 1.82) is 0 Å². The van der Waals surface area contributed by atoms with Gasteiger partial charge in [-0.05, 0) is 111 Å². The molecule has 1 saturated carbocycles. The molecule has 1 aromatic carbocycles. The topological polar surface area (TPSA) is 136 Å². The van der Waals surface area contributed by atoms with Crippen LogP contribution in [0.15, 0.2) is 42.5 Å². The van der Waals surface area contributed by atoms with Crippen LogP contribution in [0, 0.1) is 16.2 Å². The first-order valence-corrected chi connectivity index (χ1v) is 18.3. The summed E-state index contributed by atoms with van der Waals surface area (Å²) in [6.45, 7) is 25.7. The lowest BCUT2D eigenvalue weighted by molar-refractivity contribution is -0.161. The standard InChI is InChI=1S/C13H22O5.C12H22O2.C10H14.C6H12O2/c1-6-13(4,5)12(16)18-8-10(14)7-17-11(15)9(2)3;1-4-12(2,3)11(13)14-10-8-6-5-7-9-10;1-3-9(2)10-7-5-4-6-8-10;1-4-6(2,3)5(7)8/h10,14H,2,6-8H2,1,3-5H3;10H,4-9H2,1-3H3;4-9H,3H2,1-2H3;4H2,1-3H3,(H,7,8). The van der Waals surface area contributed by atoms with Crippen molar-refractivity contribution >= 4 is 23.9 Å². The SMILES string of the molecule is C=C(C)C(=O)OCC(O)COC(=O)C(C)(C)CC.CCC(C)(C)C(=O)O.CCC(C)(C)C(=O)OC1CCCCC1.CCC(C)c1ccccc1. The highest BCUT2D eigenvalue weighted by Gasteiger charge is 2.30. The van der Waals surface area contributed by atoms with E-state index in [1.54, 1.807) is 27.7 Å². The Morgan fingerprint density at radius 2 is 1.24 bits per heavy atom. The van der Waals surface area contributed by atoms with Crippen LogP contribution >= 0.6 is 0 Å². The molecule has 0 aliphatic heterocycles. The van der Waals surface area contributed by atoms with Gasteiger partial charge in [0.1, 0.15) is 25.4 Å². The molecule has 0 radical (unpaired) electrons. The normalized spacial score (nSPS) is 14.4. The number of rotatable bonds is 14. The summed E-state index contributed by atoms with van der Waals surface area (Å²) < 4.78 is 15.2. The molecule has 2 N–H and O–H groups in total. The Bertz CT molecular complexity index is 1130. The van der Waals surface area contributed by atoms with Gasteiger partial charge in [0.15, 0.2) is 0 Å². The third kappa shape index (κ3) is 21.1. The Balaban J connectivity index is 0. The van der Waals surface area contributed by atoms with E-state index in [4.69, 9.17) is 19.3 Å². The van der Waals surface area contributed by atoms with Gasteiger partial charge in [0, 0.05) is 5.57 Å². The smallest absolute Gasteiger partial charge is 0.333 e. The first-order chi connectivity index (χ1) is 23.1. The fraction of sp³-hybridized carbons (Fsp3) is 0.707. The summed E-state index contributed by atoms with van der Waals surface area (Å²) in [5.74, 6) is -0.988. The van der Waals surface area contributed by atoms with Crippen molar-refractivity contribution in [2.75, 3.05) is 13.2 Å². The zero-order valence-corrected chi connectivity index (χ0v) is 33.4. The Morgan fingerprint density at radius 3 is 1.64 bits per heavy atom. The molecule has 0 aromatic heterocycles. The fourth-order valence-electron chi connectivity index (χ4n) is 3.66. The maximum atomic E-state index is 11.7. The predicted octanol–water partition coefficient (Wildman–Crippen LogP) is 9.45. The number of esters is 3. The minimum atomic E-state index is -1.02. The average Bonchev–Trinajstić information content (AvgIpc) is 3.10. The lowest BCUT2D eigenvalue weighted by Crippen LogP contribution is -2.31. The number of carboxylic acid groups (broad SMARTS) is 1. The first kappa shape index (κ1) is 48.9. The van der Waals surface area contributed by atoms with Crippen molar-refractivity contribution in [2.24, 2.45) is 16.2 Å². The highest BCUT2D eigenvalue weighted by molar-refractivity contribution is 5.86. The number of aliphatic hydroxyl groups excluding tert-OH is 1. The van der Waals surface area contributed by atoms with Crippen LogP contribution < -0.4 is 0 Å². The molecular weight excluding hydrogens is 636 g/mol. The summed E-state index contributed by atoms with van der Waals surface area (Å²) in [5.41, 5.74) is 0.280. The summed E-state index contributed by atoms with van der Waals surface area (Å²) >= 11 is 0. The molecule has 1 aliphatic rings. The van der Waals surface area contributed by atoms with Gasteiger partial charge in [0.25, 0.3) is 0 Å². The van der Waals surface area contributed by atoms with Gasteiger partial charge < -0.3 is 24.4 Å². The second kappa shape index (κ2) is 24.9. The number of hydrogen-bond donors (Lipinski definition) is 2. The van der Waals surface area contributed by atoms with E-state index in [1.807, 2.05) is 34.6 Å². The molecule has 2 rings (SSSR count). The van der Waals surface area contributed by atoms with E-state index in [1.165, 1.54) is 38.2 Å². The molecule has 9 heteroatoms. The maximum Gasteiger partial charge on any atom is 0.333 e. The Morgan fingerprint density at radius 1 is 0.780 bits per heavy atom. The zero-order valence-electron chi connectivity index (χ0n) is 33.4. The van der Waals surface area contributed by atoms with E-state index in [0.29, 0.717) is 18.8 Å². The van der Waals surface area contributed by atoms with Crippen LogP contribution in [0.1, 0.15) is 152 Å². The van der Waals surface area contributed by atoms with Crippen molar-refractivity contribution in [3.8, 4) is 0 Å². The predicted molar refractivity (Wildman–Crippen MR) is 201 cm³/mol. The molecule has 0 amide bonds. The molecule has 2 unspecified atom stereocenters.